The molecule has 0 amide bonds. The molecule has 18 heavy (non-hydrogen) atoms. The molecule has 0 radical (unpaired) electrons. The fraction of sp³-hybridized carbons (Fsp3) is 0.200. The maximum absolute atomic E-state index is 13.1. The van der Waals surface area contributed by atoms with Gasteiger partial charge in [-0.05, 0) is 42.7 Å². The van der Waals surface area contributed by atoms with Gasteiger partial charge >= 0.3 is 0 Å². The van der Waals surface area contributed by atoms with Crippen molar-refractivity contribution < 1.29 is 4.39 Å². The van der Waals surface area contributed by atoms with Gasteiger partial charge in [-0.1, -0.05) is 45.8 Å². The first-order valence-electron chi connectivity index (χ1n) is 5.65. The molecule has 0 aliphatic heterocycles. The highest BCUT2D eigenvalue weighted by atomic mass is 79.9. The third kappa shape index (κ3) is 2.76. The highest BCUT2D eigenvalue weighted by Gasteiger charge is 2.16. The second kappa shape index (κ2) is 5.41. The lowest BCUT2D eigenvalue weighted by atomic mass is 9.98. The quantitative estimate of drug-likeness (QED) is 0.636. The summed E-state index contributed by atoms with van der Waals surface area (Å²) in [6.07, 6.45) is 0. The van der Waals surface area contributed by atoms with Crippen LogP contribution < -0.4 is 0 Å². The van der Waals surface area contributed by atoms with Gasteiger partial charge in [0.1, 0.15) is 5.82 Å². The molecule has 0 nitrogen and oxygen atoms in total. The van der Waals surface area contributed by atoms with Crippen LogP contribution in [0.5, 0.6) is 0 Å². The van der Waals surface area contributed by atoms with Crippen molar-refractivity contribution in [3.63, 3.8) is 0 Å². The molecule has 0 aliphatic carbocycles. The van der Waals surface area contributed by atoms with Crippen molar-refractivity contribution in [2.75, 3.05) is 0 Å². The van der Waals surface area contributed by atoms with Gasteiger partial charge in [0.05, 0.1) is 5.38 Å². The van der Waals surface area contributed by atoms with E-state index in [1.165, 1.54) is 17.7 Å². The summed E-state index contributed by atoms with van der Waals surface area (Å²) in [6, 6.07) is 10.7. The van der Waals surface area contributed by atoms with Crippen LogP contribution in [0.4, 0.5) is 4.39 Å². The predicted molar refractivity (Wildman–Crippen MR) is 77.7 cm³/mol. The normalized spacial score (nSPS) is 12.5. The molecule has 0 fully saturated rings. The van der Waals surface area contributed by atoms with Crippen molar-refractivity contribution in [3.8, 4) is 0 Å². The van der Waals surface area contributed by atoms with Crippen LogP contribution in [0.3, 0.4) is 0 Å². The van der Waals surface area contributed by atoms with Crippen LogP contribution in [-0.4, -0.2) is 0 Å². The maximum Gasteiger partial charge on any atom is 0.124 e. The Kier molecular flexibility index (Phi) is 4.08. The van der Waals surface area contributed by atoms with Gasteiger partial charge in [0.25, 0.3) is 0 Å². The Bertz CT molecular complexity index is 529. The molecule has 0 heterocycles. The summed E-state index contributed by atoms with van der Waals surface area (Å²) in [5, 5.41) is -0.277. The molecule has 3 heteroatoms. The Morgan fingerprint density at radius 2 is 1.72 bits per heavy atom. The van der Waals surface area contributed by atoms with Gasteiger partial charge in [0, 0.05) is 4.47 Å². The van der Waals surface area contributed by atoms with Crippen LogP contribution in [0, 0.1) is 19.7 Å². The van der Waals surface area contributed by atoms with Gasteiger partial charge in [0.2, 0.25) is 0 Å². The highest BCUT2D eigenvalue weighted by molar-refractivity contribution is 9.10. The van der Waals surface area contributed by atoms with Gasteiger partial charge in [0.15, 0.2) is 0 Å². The highest BCUT2D eigenvalue weighted by Crippen LogP contribution is 2.35. The molecule has 0 spiro atoms. The van der Waals surface area contributed by atoms with Gasteiger partial charge < -0.3 is 0 Å². The summed E-state index contributed by atoms with van der Waals surface area (Å²) in [7, 11) is 0. The number of halogens is 3. The molecular formula is C15H13BrClF. The van der Waals surface area contributed by atoms with Crippen LogP contribution in [-0.2, 0) is 0 Å². The fourth-order valence-electron chi connectivity index (χ4n) is 1.98. The van der Waals surface area contributed by atoms with E-state index in [9.17, 15) is 4.39 Å². The number of alkyl halides is 1. The van der Waals surface area contributed by atoms with E-state index in [-0.39, 0.29) is 11.2 Å². The Morgan fingerprint density at radius 1 is 1.06 bits per heavy atom. The van der Waals surface area contributed by atoms with Gasteiger partial charge in [-0.25, -0.2) is 4.39 Å². The number of hydrogen-bond acceptors (Lipinski definition) is 0. The summed E-state index contributed by atoms with van der Waals surface area (Å²) >= 11 is 9.85. The van der Waals surface area contributed by atoms with Crippen LogP contribution in [0.15, 0.2) is 40.9 Å². The predicted octanol–water partition coefficient (Wildman–Crippen LogP) is 5.53. The first kappa shape index (κ1) is 13.6. The molecular weight excluding hydrogens is 315 g/mol. The monoisotopic (exact) mass is 326 g/mol. The number of aryl methyl sites for hydroxylation is 2. The van der Waals surface area contributed by atoms with Crippen molar-refractivity contribution in [2.45, 2.75) is 19.2 Å². The van der Waals surface area contributed by atoms with Crippen LogP contribution >= 0.6 is 27.5 Å². The standard InChI is InChI=1S/C15H13BrClF/c1-9-3-5-12(10(2)7-9)15(17)13-6-4-11(18)8-14(13)16/h3-8,15H,1-2H3. The minimum Gasteiger partial charge on any atom is -0.207 e. The lowest BCUT2D eigenvalue weighted by Crippen LogP contribution is -1.98. The van der Waals surface area contributed by atoms with Crippen molar-refractivity contribution in [3.05, 3.63) is 68.9 Å². The molecule has 94 valence electrons. The Balaban J connectivity index is 2.44. The van der Waals surface area contributed by atoms with E-state index in [0.717, 1.165) is 16.7 Å². The van der Waals surface area contributed by atoms with Crippen LogP contribution in [0.1, 0.15) is 27.6 Å². The third-order valence-electron chi connectivity index (χ3n) is 2.93. The summed E-state index contributed by atoms with van der Waals surface area (Å²) in [5.74, 6) is -0.268. The van der Waals surface area contributed by atoms with Crippen molar-refractivity contribution >= 4 is 27.5 Å². The molecule has 0 saturated heterocycles. The largest absolute Gasteiger partial charge is 0.207 e. The Labute approximate surface area is 120 Å². The minimum atomic E-state index is -0.277. The van der Waals surface area contributed by atoms with Gasteiger partial charge in [-0.2, -0.15) is 0 Å². The fourth-order valence-corrected chi connectivity index (χ4v) is 3.13. The van der Waals surface area contributed by atoms with E-state index in [2.05, 4.69) is 22.0 Å². The zero-order chi connectivity index (χ0) is 13.3. The van der Waals surface area contributed by atoms with Crippen molar-refractivity contribution in [2.24, 2.45) is 0 Å². The minimum absolute atomic E-state index is 0.268. The zero-order valence-electron chi connectivity index (χ0n) is 10.2. The average Bonchev–Trinajstić information content (AvgIpc) is 2.28. The van der Waals surface area contributed by atoms with E-state index >= 15 is 0 Å². The molecule has 0 bridgehead atoms. The Hall–Kier alpha value is -0.860. The van der Waals surface area contributed by atoms with Crippen molar-refractivity contribution in [1.82, 2.24) is 0 Å². The number of benzene rings is 2. The van der Waals surface area contributed by atoms with Crippen LogP contribution in [0.25, 0.3) is 0 Å². The van der Waals surface area contributed by atoms with E-state index in [4.69, 9.17) is 11.6 Å². The molecule has 0 aromatic heterocycles. The zero-order valence-corrected chi connectivity index (χ0v) is 12.5. The van der Waals surface area contributed by atoms with Gasteiger partial charge in [-0.15, -0.1) is 11.6 Å². The number of rotatable bonds is 2. The molecule has 2 aromatic carbocycles. The van der Waals surface area contributed by atoms with E-state index in [1.54, 1.807) is 6.07 Å². The van der Waals surface area contributed by atoms with E-state index < -0.39 is 0 Å². The molecule has 2 aromatic rings. The Morgan fingerprint density at radius 3 is 2.33 bits per heavy atom. The lowest BCUT2D eigenvalue weighted by Gasteiger charge is -2.15. The van der Waals surface area contributed by atoms with E-state index in [0.29, 0.717) is 4.47 Å². The van der Waals surface area contributed by atoms with Crippen molar-refractivity contribution in [1.29, 1.82) is 0 Å². The molecule has 0 aliphatic rings. The molecule has 1 atom stereocenters. The summed E-state index contributed by atoms with van der Waals surface area (Å²) in [6.45, 7) is 4.09. The van der Waals surface area contributed by atoms with E-state index in [1.807, 2.05) is 26.0 Å². The molecule has 0 N–H and O–H groups in total. The topological polar surface area (TPSA) is 0 Å². The lowest BCUT2D eigenvalue weighted by molar-refractivity contribution is 0.626. The maximum atomic E-state index is 13.1. The van der Waals surface area contributed by atoms with Gasteiger partial charge in [-0.3, -0.25) is 0 Å². The summed E-state index contributed by atoms with van der Waals surface area (Å²) in [5.41, 5.74) is 4.28. The second-order valence-electron chi connectivity index (χ2n) is 4.39. The average molecular weight is 328 g/mol. The third-order valence-corrected chi connectivity index (χ3v) is 4.09. The SMILES string of the molecule is Cc1ccc(C(Cl)c2ccc(F)cc2Br)c(C)c1. The summed E-state index contributed by atoms with van der Waals surface area (Å²) < 4.78 is 13.8. The molecule has 0 saturated carbocycles. The smallest absolute Gasteiger partial charge is 0.124 e. The number of hydrogen-bond donors (Lipinski definition) is 0. The van der Waals surface area contributed by atoms with Crippen LogP contribution in [0.2, 0.25) is 0 Å². The molecule has 2 rings (SSSR count). The first-order chi connectivity index (χ1) is 8.49. The second-order valence-corrected chi connectivity index (χ2v) is 5.68. The summed E-state index contributed by atoms with van der Waals surface area (Å²) in [4.78, 5) is 0. The first-order valence-corrected chi connectivity index (χ1v) is 6.88. The molecule has 1 unspecified atom stereocenters.